The summed E-state index contributed by atoms with van der Waals surface area (Å²) in [6, 6.07) is 13.2. The third kappa shape index (κ3) is 3.56. The van der Waals surface area contributed by atoms with Crippen molar-refractivity contribution < 1.29 is 9.90 Å². The number of nitrogens with one attached hydrogen (secondary N) is 1. The van der Waals surface area contributed by atoms with Gasteiger partial charge in [0.2, 0.25) is 5.78 Å². The minimum absolute atomic E-state index is 0.123. The number of hydrogen-bond acceptors (Lipinski definition) is 4. The lowest BCUT2D eigenvalue weighted by atomic mass is 10.1. The molecule has 0 unspecified atom stereocenters. The molecule has 2 N–H and O–H groups in total. The SMILES string of the molecule is O=C(/C=N/Nc1cccc(O)c1)c1ccccc1Cl. The number of rotatable bonds is 4. The molecule has 0 atom stereocenters. The summed E-state index contributed by atoms with van der Waals surface area (Å²) in [5.41, 5.74) is 3.63. The van der Waals surface area contributed by atoms with Gasteiger partial charge >= 0.3 is 0 Å². The van der Waals surface area contributed by atoms with Gasteiger partial charge in [-0.1, -0.05) is 29.8 Å². The predicted molar refractivity (Wildman–Crippen MR) is 76.0 cm³/mol. The van der Waals surface area contributed by atoms with Crippen LogP contribution < -0.4 is 5.43 Å². The summed E-state index contributed by atoms with van der Waals surface area (Å²) in [5, 5.41) is 13.5. The fourth-order valence-electron chi connectivity index (χ4n) is 1.47. The molecule has 0 spiro atoms. The number of benzene rings is 2. The summed E-state index contributed by atoms with van der Waals surface area (Å²) in [6.07, 6.45) is 1.14. The molecule has 0 aromatic heterocycles. The number of nitrogens with zero attached hydrogens (tertiary/aromatic N) is 1. The Morgan fingerprint density at radius 3 is 2.74 bits per heavy atom. The van der Waals surface area contributed by atoms with Crippen LogP contribution in [0.3, 0.4) is 0 Å². The first-order valence-corrected chi connectivity index (χ1v) is 5.91. The first kappa shape index (κ1) is 13.1. The Bertz CT molecular complexity index is 626. The van der Waals surface area contributed by atoms with Crippen LogP contribution in [0.5, 0.6) is 5.75 Å². The van der Waals surface area contributed by atoms with Crippen LogP contribution >= 0.6 is 11.6 Å². The van der Waals surface area contributed by atoms with E-state index in [2.05, 4.69) is 10.5 Å². The van der Waals surface area contributed by atoms with Gasteiger partial charge in [-0.05, 0) is 24.3 Å². The van der Waals surface area contributed by atoms with Crippen LogP contribution in [0.25, 0.3) is 0 Å². The van der Waals surface area contributed by atoms with E-state index in [9.17, 15) is 9.90 Å². The van der Waals surface area contributed by atoms with Crippen molar-refractivity contribution in [2.75, 3.05) is 5.43 Å². The van der Waals surface area contributed by atoms with E-state index in [0.717, 1.165) is 6.21 Å². The second kappa shape index (κ2) is 6.02. The normalized spacial score (nSPS) is 10.6. The van der Waals surface area contributed by atoms with E-state index in [1.165, 1.54) is 6.07 Å². The number of hydrogen-bond donors (Lipinski definition) is 2. The predicted octanol–water partition coefficient (Wildman–Crippen LogP) is 3.33. The van der Waals surface area contributed by atoms with Gasteiger partial charge in [0.15, 0.2) is 0 Å². The Morgan fingerprint density at radius 2 is 2.00 bits per heavy atom. The number of phenolic OH excluding ortho intramolecular Hbond substituents is 1. The first-order chi connectivity index (χ1) is 9.16. The summed E-state index contributed by atoms with van der Waals surface area (Å²) < 4.78 is 0. The van der Waals surface area contributed by atoms with Crippen LogP contribution in [0, 0.1) is 0 Å². The summed E-state index contributed by atoms with van der Waals surface area (Å²) in [6.45, 7) is 0. The van der Waals surface area contributed by atoms with Crippen molar-refractivity contribution in [3.63, 3.8) is 0 Å². The molecule has 96 valence electrons. The minimum atomic E-state index is -0.293. The van der Waals surface area contributed by atoms with Crippen LogP contribution in [0.1, 0.15) is 10.4 Å². The van der Waals surface area contributed by atoms with Gasteiger partial charge in [-0.3, -0.25) is 10.2 Å². The molecule has 0 aliphatic rings. The molecule has 2 aromatic rings. The van der Waals surface area contributed by atoms with Crippen molar-refractivity contribution in [2.45, 2.75) is 0 Å². The number of Topliss-reactive ketones (excluding diaryl/α,β-unsaturated/α-hetero) is 1. The number of ketones is 1. The van der Waals surface area contributed by atoms with Gasteiger partial charge in [-0.2, -0.15) is 5.10 Å². The average molecular weight is 275 g/mol. The third-order valence-corrected chi connectivity index (χ3v) is 2.69. The molecular weight excluding hydrogens is 264 g/mol. The molecule has 0 heterocycles. The molecule has 0 aliphatic heterocycles. The third-order valence-electron chi connectivity index (χ3n) is 2.36. The number of phenols is 1. The van der Waals surface area contributed by atoms with Crippen LogP contribution in [-0.4, -0.2) is 17.1 Å². The molecule has 19 heavy (non-hydrogen) atoms. The first-order valence-electron chi connectivity index (χ1n) is 5.54. The van der Waals surface area contributed by atoms with Gasteiger partial charge in [0.1, 0.15) is 5.75 Å². The van der Waals surface area contributed by atoms with Crippen molar-refractivity contribution >= 4 is 29.3 Å². The summed E-state index contributed by atoms with van der Waals surface area (Å²) in [5.74, 6) is -0.170. The van der Waals surface area contributed by atoms with E-state index in [1.54, 1.807) is 42.5 Å². The van der Waals surface area contributed by atoms with E-state index in [0.29, 0.717) is 16.3 Å². The molecule has 2 rings (SSSR count). The van der Waals surface area contributed by atoms with Crippen molar-refractivity contribution in [3.05, 3.63) is 59.1 Å². The highest BCUT2D eigenvalue weighted by Gasteiger charge is 2.06. The van der Waals surface area contributed by atoms with E-state index in [4.69, 9.17) is 11.6 Å². The molecule has 2 aromatic carbocycles. The van der Waals surface area contributed by atoms with E-state index < -0.39 is 0 Å². The molecule has 0 aliphatic carbocycles. The molecular formula is C14H11ClN2O2. The quantitative estimate of drug-likeness (QED) is 0.511. The lowest BCUT2D eigenvalue weighted by Crippen LogP contribution is -2.03. The fraction of sp³-hybridized carbons (Fsp3) is 0. The maximum absolute atomic E-state index is 11.8. The molecule has 0 saturated carbocycles. The largest absolute Gasteiger partial charge is 0.508 e. The maximum atomic E-state index is 11.8. The fourth-order valence-corrected chi connectivity index (χ4v) is 1.70. The Hall–Kier alpha value is -2.33. The topological polar surface area (TPSA) is 61.7 Å². The zero-order valence-electron chi connectivity index (χ0n) is 9.88. The lowest BCUT2D eigenvalue weighted by molar-refractivity contribution is 0.107. The second-order valence-electron chi connectivity index (χ2n) is 3.76. The van der Waals surface area contributed by atoms with Crippen molar-refractivity contribution in [3.8, 4) is 5.75 Å². The monoisotopic (exact) mass is 274 g/mol. The van der Waals surface area contributed by atoms with E-state index >= 15 is 0 Å². The number of halogens is 1. The molecule has 0 amide bonds. The number of anilines is 1. The highest BCUT2D eigenvalue weighted by molar-refractivity contribution is 6.42. The summed E-state index contributed by atoms with van der Waals surface area (Å²) in [7, 11) is 0. The van der Waals surface area contributed by atoms with Gasteiger partial charge < -0.3 is 5.11 Å². The zero-order chi connectivity index (χ0) is 13.7. The number of hydrazone groups is 1. The highest BCUT2D eigenvalue weighted by atomic mass is 35.5. The number of aromatic hydroxyl groups is 1. The number of carbonyl (C=O) groups excluding carboxylic acids is 1. The van der Waals surface area contributed by atoms with Crippen molar-refractivity contribution in [1.29, 1.82) is 0 Å². The van der Waals surface area contributed by atoms with E-state index in [-0.39, 0.29) is 11.5 Å². The second-order valence-corrected chi connectivity index (χ2v) is 4.17. The Morgan fingerprint density at radius 1 is 1.21 bits per heavy atom. The zero-order valence-corrected chi connectivity index (χ0v) is 10.6. The molecule has 4 nitrogen and oxygen atoms in total. The summed E-state index contributed by atoms with van der Waals surface area (Å²) in [4.78, 5) is 11.8. The molecule has 0 radical (unpaired) electrons. The van der Waals surface area contributed by atoms with Crippen LogP contribution in [0.4, 0.5) is 5.69 Å². The smallest absolute Gasteiger partial charge is 0.207 e. The standard InChI is InChI=1S/C14H11ClN2O2/c15-13-7-2-1-6-12(13)14(19)9-16-17-10-4-3-5-11(18)8-10/h1-9,17-18H/b16-9+. The molecule has 0 fully saturated rings. The maximum Gasteiger partial charge on any atom is 0.207 e. The van der Waals surface area contributed by atoms with Crippen molar-refractivity contribution in [1.82, 2.24) is 0 Å². The number of carbonyl (C=O) groups is 1. The Labute approximate surface area is 115 Å². The molecule has 5 heteroatoms. The Balaban J connectivity index is 2.04. The van der Waals surface area contributed by atoms with Crippen molar-refractivity contribution in [2.24, 2.45) is 5.10 Å². The van der Waals surface area contributed by atoms with Crippen LogP contribution in [-0.2, 0) is 0 Å². The molecule has 0 bridgehead atoms. The average Bonchev–Trinajstić information content (AvgIpc) is 2.39. The molecule has 0 saturated heterocycles. The lowest BCUT2D eigenvalue weighted by Gasteiger charge is -2.00. The van der Waals surface area contributed by atoms with Gasteiger partial charge in [0, 0.05) is 11.6 Å². The Kier molecular flexibility index (Phi) is 4.15. The van der Waals surface area contributed by atoms with E-state index in [1.807, 2.05) is 0 Å². The van der Waals surface area contributed by atoms with Crippen LogP contribution in [0.2, 0.25) is 5.02 Å². The minimum Gasteiger partial charge on any atom is -0.508 e. The van der Waals surface area contributed by atoms with Gasteiger partial charge in [-0.15, -0.1) is 0 Å². The van der Waals surface area contributed by atoms with Gasteiger partial charge in [0.05, 0.1) is 16.9 Å². The van der Waals surface area contributed by atoms with Crippen LogP contribution in [0.15, 0.2) is 53.6 Å². The van der Waals surface area contributed by atoms with Gasteiger partial charge in [0.25, 0.3) is 0 Å². The van der Waals surface area contributed by atoms with Gasteiger partial charge in [-0.25, -0.2) is 0 Å². The highest BCUT2D eigenvalue weighted by Crippen LogP contribution is 2.16. The summed E-state index contributed by atoms with van der Waals surface area (Å²) >= 11 is 5.90.